The molecule has 0 aliphatic rings. The fourth-order valence-electron chi connectivity index (χ4n) is 1.73. The molecule has 1 N–H and O–H groups in total. The first kappa shape index (κ1) is 14.8. The Balaban J connectivity index is 2.74. The number of aromatic nitrogens is 1. The number of hydrogen-bond acceptors (Lipinski definition) is 3. The van der Waals surface area contributed by atoms with E-state index in [9.17, 15) is 4.79 Å². The summed E-state index contributed by atoms with van der Waals surface area (Å²) in [5, 5.41) is 1.73. The Morgan fingerprint density at radius 2 is 2.28 bits per heavy atom. The molecule has 1 aromatic heterocycles. The number of nitrogens with one attached hydrogen (secondary N) is 1. The Bertz CT molecular complexity index is 435. The molecule has 0 atom stereocenters. The van der Waals surface area contributed by atoms with Gasteiger partial charge in [0.25, 0.3) is 0 Å². The van der Waals surface area contributed by atoms with E-state index in [-0.39, 0.29) is 0 Å². The summed E-state index contributed by atoms with van der Waals surface area (Å²) in [5.41, 5.74) is 2.63. The van der Waals surface area contributed by atoms with E-state index in [1.54, 1.807) is 5.41 Å². The monoisotopic (exact) mass is 264 g/mol. The molecule has 0 aliphatic carbocycles. The number of aldehydes is 1. The van der Waals surface area contributed by atoms with Crippen molar-refractivity contribution in [2.24, 2.45) is 0 Å². The highest BCUT2D eigenvalue weighted by Crippen LogP contribution is 2.27. The highest BCUT2D eigenvalue weighted by Gasteiger charge is 2.09. The zero-order chi connectivity index (χ0) is 13.5. The van der Waals surface area contributed by atoms with Gasteiger partial charge in [-0.25, -0.2) is 0 Å². The maximum absolute atomic E-state index is 11.0. The minimum Gasteiger partial charge on any atom is -0.352 e. The van der Waals surface area contributed by atoms with Crippen molar-refractivity contribution in [2.45, 2.75) is 12.8 Å². The van der Waals surface area contributed by atoms with Crippen molar-refractivity contribution in [3.63, 3.8) is 0 Å². The van der Waals surface area contributed by atoms with Gasteiger partial charge in [-0.3, -0.25) is 4.79 Å². The van der Waals surface area contributed by atoms with Crippen molar-refractivity contribution in [1.29, 1.82) is 0 Å². The molecule has 0 bridgehead atoms. The Kier molecular flexibility index (Phi) is 5.95. The number of carbonyl (C=O) groups excluding carboxylic acids is 1. The van der Waals surface area contributed by atoms with E-state index in [2.05, 4.69) is 23.0 Å². The normalized spacial score (nSPS) is 10.6. The molecule has 1 aromatic rings. The molecule has 18 heavy (non-hydrogen) atoms. The van der Waals surface area contributed by atoms with Gasteiger partial charge in [0.1, 0.15) is 0 Å². The second-order valence-corrected chi connectivity index (χ2v) is 5.42. The van der Waals surface area contributed by atoms with Gasteiger partial charge >= 0.3 is 0 Å². The average molecular weight is 264 g/mol. The third-order valence-electron chi connectivity index (χ3n) is 2.63. The number of H-pyrrole nitrogens is 1. The Labute approximate surface area is 113 Å². The number of hydrogen-bond donors (Lipinski definition) is 1. The number of aromatic amines is 1. The first-order valence-corrected chi connectivity index (χ1v) is 6.75. The maximum Gasteiger partial charge on any atom is 0.166 e. The van der Waals surface area contributed by atoms with Gasteiger partial charge in [-0.05, 0) is 50.5 Å². The third kappa shape index (κ3) is 4.20. The lowest BCUT2D eigenvalue weighted by atomic mass is 10.1. The van der Waals surface area contributed by atoms with Crippen LogP contribution in [0.25, 0.3) is 4.91 Å². The van der Waals surface area contributed by atoms with E-state index in [0.717, 1.165) is 41.8 Å². The number of rotatable bonds is 8. The van der Waals surface area contributed by atoms with E-state index in [4.69, 9.17) is 0 Å². The first-order chi connectivity index (χ1) is 8.58. The Morgan fingerprint density at radius 3 is 2.83 bits per heavy atom. The van der Waals surface area contributed by atoms with Gasteiger partial charge in [0.15, 0.2) is 6.29 Å². The van der Waals surface area contributed by atoms with Crippen LogP contribution in [-0.4, -0.2) is 36.8 Å². The molecule has 98 valence electrons. The molecule has 0 saturated carbocycles. The summed E-state index contributed by atoms with van der Waals surface area (Å²) in [5.74, 6) is 0. The minimum absolute atomic E-state index is 0.662. The molecule has 1 heterocycles. The summed E-state index contributed by atoms with van der Waals surface area (Å²) in [7, 11) is 4.09. The second kappa shape index (κ2) is 7.24. The van der Waals surface area contributed by atoms with Crippen LogP contribution < -0.4 is 0 Å². The van der Waals surface area contributed by atoms with Crippen molar-refractivity contribution in [3.05, 3.63) is 41.6 Å². The molecule has 0 radical (unpaired) electrons. The van der Waals surface area contributed by atoms with Gasteiger partial charge in [0.05, 0.1) is 11.4 Å². The molecule has 0 unspecified atom stereocenters. The molecule has 1 rings (SSSR count). The molecule has 0 aromatic carbocycles. The molecule has 0 spiro atoms. The quantitative estimate of drug-likeness (QED) is 0.733. The van der Waals surface area contributed by atoms with E-state index in [1.165, 1.54) is 11.8 Å². The minimum atomic E-state index is 0.662. The molecule has 3 nitrogen and oxygen atoms in total. The highest BCUT2D eigenvalue weighted by atomic mass is 32.2. The van der Waals surface area contributed by atoms with Crippen LogP contribution in [0.5, 0.6) is 0 Å². The summed E-state index contributed by atoms with van der Waals surface area (Å²) in [6.45, 7) is 8.62. The van der Waals surface area contributed by atoms with Crippen LogP contribution in [0.15, 0.2) is 24.6 Å². The zero-order valence-electron chi connectivity index (χ0n) is 11.0. The lowest BCUT2D eigenvalue weighted by Crippen LogP contribution is -2.13. The fraction of sp³-hybridized carbons (Fsp3) is 0.357. The lowest BCUT2D eigenvalue weighted by molar-refractivity contribution is 0.111. The van der Waals surface area contributed by atoms with Crippen LogP contribution in [0.2, 0.25) is 0 Å². The van der Waals surface area contributed by atoms with Crippen molar-refractivity contribution < 1.29 is 4.79 Å². The Morgan fingerprint density at radius 1 is 1.56 bits per heavy atom. The lowest BCUT2D eigenvalue weighted by Gasteiger charge is -2.08. The summed E-state index contributed by atoms with van der Waals surface area (Å²) >= 11 is 1.46. The number of thioether (sulfide) groups is 1. The molecule has 4 heteroatoms. The maximum atomic E-state index is 11.0. The smallest absolute Gasteiger partial charge is 0.166 e. The Hall–Kier alpha value is -1.26. The number of nitrogens with zero attached hydrogens (tertiary/aromatic N) is 1. The van der Waals surface area contributed by atoms with Crippen LogP contribution in [0, 0.1) is 0 Å². The van der Waals surface area contributed by atoms with Crippen LogP contribution in [-0.2, 0) is 6.42 Å². The zero-order valence-corrected chi connectivity index (χ0v) is 11.8. The summed E-state index contributed by atoms with van der Waals surface area (Å²) in [6, 6.07) is 2.01. The summed E-state index contributed by atoms with van der Waals surface area (Å²) in [4.78, 5) is 17.1. The number of carbonyl (C=O) groups is 1. The molecule has 0 amide bonds. The number of aryl methyl sites for hydroxylation is 1. The molecule has 0 fully saturated rings. The average Bonchev–Trinajstić information content (AvgIpc) is 2.72. The second-order valence-electron chi connectivity index (χ2n) is 4.35. The SMILES string of the molecule is C=CSC(=C)c1cc(CCCN(C)C)c(C=O)[nH]1. The highest BCUT2D eigenvalue weighted by molar-refractivity contribution is 8.10. The van der Waals surface area contributed by atoms with Gasteiger partial charge in [-0.15, -0.1) is 0 Å². The predicted molar refractivity (Wildman–Crippen MR) is 79.9 cm³/mol. The van der Waals surface area contributed by atoms with Crippen molar-refractivity contribution in [1.82, 2.24) is 9.88 Å². The van der Waals surface area contributed by atoms with E-state index in [0.29, 0.717) is 5.69 Å². The van der Waals surface area contributed by atoms with Crippen LogP contribution >= 0.6 is 11.8 Å². The molecular formula is C14H20N2OS. The van der Waals surface area contributed by atoms with E-state index >= 15 is 0 Å². The van der Waals surface area contributed by atoms with Gasteiger partial charge < -0.3 is 9.88 Å². The van der Waals surface area contributed by atoms with Crippen molar-refractivity contribution >= 4 is 23.0 Å². The van der Waals surface area contributed by atoms with Crippen LogP contribution in [0.4, 0.5) is 0 Å². The summed E-state index contributed by atoms with van der Waals surface area (Å²) in [6.07, 6.45) is 2.81. The standard InChI is InChI=1S/C14H20N2OS/c1-5-18-11(2)13-9-12(14(10-17)15-13)7-6-8-16(3)4/h5,9-10,15H,1-2,6-8H2,3-4H3. The first-order valence-electron chi connectivity index (χ1n) is 5.87. The molecule has 0 aliphatic heterocycles. The molecular weight excluding hydrogens is 244 g/mol. The van der Waals surface area contributed by atoms with E-state index < -0.39 is 0 Å². The molecule has 0 saturated heterocycles. The van der Waals surface area contributed by atoms with Gasteiger partial charge in [0.2, 0.25) is 0 Å². The fourth-order valence-corrected chi connectivity index (χ4v) is 2.16. The van der Waals surface area contributed by atoms with Gasteiger partial charge in [-0.2, -0.15) is 0 Å². The summed E-state index contributed by atoms with van der Waals surface area (Å²) < 4.78 is 0. The largest absolute Gasteiger partial charge is 0.352 e. The van der Waals surface area contributed by atoms with Crippen molar-refractivity contribution in [2.75, 3.05) is 20.6 Å². The van der Waals surface area contributed by atoms with E-state index in [1.807, 2.05) is 20.2 Å². The van der Waals surface area contributed by atoms with Crippen LogP contribution in [0.3, 0.4) is 0 Å². The predicted octanol–water partition coefficient (Wildman–Crippen LogP) is 3.17. The van der Waals surface area contributed by atoms with Crippen LogP contribution in [0.1, 0.15) is 28.2 Å². The third-order valence-corrected chi connectivity index (χ3v) is 3.30. The van der Waals surface area contributed by atoms with Crippen molar-refractivity contribution in [3.8, 4) is 0 Å². The van der Waals surface area contributed by atoms with Gasteiger partial charge in [0, 0.05) is 4.91 Å². The van der Waals surface area contributed by atoms with Gasteiger partial charge in [-0.1, -0.05) is 24.9 Å². The topological polar surface area (TPSA) is 36.1 Å².